The number of benzene rings is 2. The maximum Gasteiger partial charge on any atom is 0.338 e. The van der Waals surface area contributed by atoms with Gasteiger partial charge in [0.05, 0.1) is 38.8 Å². The molecule has 0 bridgehead atoms. The molecule has 0 fully saturated rings. The number of carbonyl (C=O) groups is 1. The van der Waals surface area contributed by atoms with Gasteiger partial charge < -0.3 is 9.84 Å². The van der Waals surface area contributed by atoms with Crippen LogP contribution in [0.1, 0.15) is 27.4 Å². The first-order chi connectivity index (χ1) is 20.7. The van der Waals surface area contributed by atoms with Crippen LogP contribution in [0.3, 0.4) is 0 Å². The highest BCUT2D eigenvalue weighted by molar-refractivity contribution is 7.18. The molecule has 0 aliphatic heterocycles. The number of hydrogen-bond acceptors (Lipinski definition) is 8. The van der Waals surface area contributed by atoms with Gasteiger partial charge >= 0.3 is 5.97 Å². The summed E-state index contributed by atoms with van der Waals surface area (Å²) >= 11 is 7.66. The zero-order chi connectivity index (χ0) is 30.2. The van der Waals surface area contributed by atoms with Gasteiger partial charge in [-0.15, -0.1) is 11.3 Å². The Labute approximate surface area is 254 Å². The number of aromatic carboxylic acids is 1. The summed E-state index contributed by atoms with van der Waals surface area (Å²) in [5, 5.41) is 21.8. The molecule has 4 heterocycles. The molecule has 0 aliphatic carbocycles. The third-order valence-electron chi connectivity index (χ3n) is 7.05. The van der Waals surface area contributed by atoms with E-state index in [2.05, 4.69) is 21.0 Å². The molecule has 2 aromatic carbocycles. The first kappa shape index (κ1) is 28.0. The van der Waals surface area contributed by atoms with E-state index in [0.717, 1.165) is 16.7 Å². The quantitative estimate of drug-likeness (QED) is 0.213. The number of aryl methyl sites for hydroxylation is 2. The van der Waals surface area contributed by atoms with E-state index in [-0.39, 0.29) is 35.2 Å². The largest absolute Gasteiger partial charge is 0.491 e. The van der Waals surface area contributed by atoms with Gasteiger partial charge in [0.1, 0.15) is 24.3 Å². The van der Waals surface area contributed by atoms with E-state index in [4.69, 9.17) is 16.3 Å². The summed E-state index contributed by atoms with van der Waals surface area (Å²) in [5.41, 5.74) is 4.53. The summed E-state index contributed by atoms with van der Waals surface area (Å²) in [6, 6.07) is 16.4. The van der Waals surface area contributed by atoms with E-state index in [1.54, 1.807) is 68.0 Å². The molecule has 1 N–H and O–H groups in total. The van der Waals surface area contributed by atoms with Crippen molar-refractivity contribution in [3.8, 4) is 34.1 Å². The summed E-state index contributed by atoms with van der Waals surface area (Å²) < 4.78 is 8.40. The van der Waals surface area contributed by atoms with E-state index in [0.29, 0.717) is 43.6 Å². The van der Waals surface area contributed by atoms with Gasteiger partial charge in [-0.05, 0) is 61.9 Å². The van der Waals surface area contributed by atoms with Gasteiger partial charge in [-0.3, -0.25) is 19.3 Å². The van der Waals surface area contributed by atoms with Crippen molar-refractivity contribution < 1.29 is 14.6 Å². The van der Waals surface area contributed by atoms with Gasteiger partial charge in [0.25, 0.3) is 5.56 Å². The standard InChI is InChI=1S/C32H22ClN5O4S/c1-17-10-24(30-29(36-17)25(16-43-30)32(40)41)23-13-22(33)5-6-27(23)42-9-8-38-18(2)37-26-12-20(19-4-3-7-35-15-19)11-21(14-34)28(26)31(38)39/h3-7,10-13,15-16H,8-9H2,1-2H3,(H,40,41). The zero-order valence-electron chi connectivity index (χ0n) is 23.0. The topological polar surface area (TPSA) is 131 Å². The Bertz CT molecular complexity index is 2170. The van der Waals surface area contributed by atoms with Crippen molar-refractivity contribution in [2.75, 3.05) is 6.61 Å². The molecule has 0 spiro atoms. The molecule has 9 nitrogen and oxygen atoms in total. The lowest BCUT2D eigenvalue weighted by Crippen LogP contribution is -2.27. The predicted octanol–water partition coefficient (Wildman–Crippen LogP) is 6.65. The number of pyridine rings is 2. The average molecular weight is 608 g/mol. The molecule has 0 amide bonds. The normalized spacial score (nSPS) is 11.1. The molecule has 0 atom stereocenters. The Morgan fingerprint density at radius 2 is 1.95 bits per heavy atom. The average Bonchev–Trinajstić information content (AvgIpc) is 3.43. The molecule has 6 aromatic rings. The SMILES string of the molecule is Cc1cc(-c2cc(Cl)ccc2OCCn2c(C)nc3cc(-c4cccnc4)cc(C#N)c3c2=O)c2scc(C(=O)O)c2n1. The zero-order valence-corrected chi connectivity index (χ0v) is 24.5. The van der Waals surface area contributed by atoms with Crippen molar-refractivity contribution in [3.05, 3.63) is 104 Å². The maximum absolute atomic E-state index is 13.6. The minimum atomic E-state index is -1.05. The van der Waals surface area contributed by atoms with E-state index >= 15 is 0 Å². The van der Waals surface area contributed by atoms with Crippen molar-refractivity contribution in [1.82, 2.24) is 19.5 Å². The Hall–Kier alpha value is -5.11. The van der Waals surface area contributed by atoms with Crippen LogP contribution in [0.4, 0.5) is 0 Å². The van der Waals surface area contributed by atoms with Crippen LogP contribution >= 0.6 is 22.9 Å². The lowest BCUT2D eigenvalue weighted by atomic mass is 10.0. The van der Waals surface area contributed by atoms with Gasteiger partial charge in [0.2, 0.25) is 0 Å². The smallest absolute Gasteiger partial charge is 0.338 e. The molecular weight excluding hydrogens is 586 g/mol. The van der Waals surface area contributed by atoms with Crippen molar-refractivity contribution in [3.63, 3.8) is 0 Å². The van der Waals surface area contributed by atoms with E-state index < -0.39 is 5.97 Å². The molecule has 6 rings (SSSR count). The van der Waals surface area contributed by atoms with Crippen molar-refractivity contribution in [2.24, 2.45) is 0 Å². The third kappa shape index (κ3) is 5.20. The number of ether oxygens (including phenoxy) is 1. The predicted molar refractivity (Wildman–Crippen MR) is 166 cm³/mol. The fourth-order valence-corrected chi connectivity index (χ4v) is 6.27. The number of fused-ring (bicyclic) bond motifs is 2. The summed E-state index contributed by atoms with van der Waals surface area (Å²) in [5.74, 6) is -0.0497. The first-order valence-electron chi connectivity index (χ1n) is 13.2. The van der Waals surface area contributed by atoms with E-state index in [1.807, 2.05) is 12.1 Å². The van der Waals surface area contributed by atoms with Gasteiger partial charge in [-0.1, -0.05) is 17.7 Å². The molecule has 0 saturated heterocycles. The second kappa shape index (κ2) is 11.3. The number of thiophene rings is 1. The molecular formula is C32H22ClN5O4S. The van der Waals surface area contributed by atoms with Crippen LogP contribution in [0.2, 0.25) is 5.02 Å². The third-order valence-corrected chi connectivity index (χ3v) is 8.29. The lowest BCUT2D eigenvalue weighted by molar-refractivity contribution is 0.0699. The Balaban J connectivity index is 1.34. The number of carboxylic acids is 1. The Morgan fingerprint density at radius 3 is 2.70 bits per heavy atom. The van der Waals surface area contributed by atoms with Crippen LogP contribution in [0, 0.1) is 25.2 Å². The van der Waals surface area contributed by atoms with Gasteiger partial charge in [-0.25, -0.2) is 9.78 Å². The summed E-state index contributed by atoms with van der Waals surface area (Å²) in [6.45, 7) is 3.84. The highest BCUT2D eigenvalue weighted by atomic mass is 35.5. The number of nitriles is 1. The highest BCUT2D eigenvalue weighted by Gasteiger charge is 2.20. The van der Waals surface area contributed by atoms with Crippen LogP contribution in [-0.2, 0) is 6.54 Å². The summed E-state index contributed by atoms with van der Waals surface area (Å²) in [7, 11) is 0. The lowest BCUT2D eigenvalue weighted by Gasteiger charge is -2.16. The maximum atomic E-state index is 13.6. The molecule has 4 aromatic heterocycles. The Kier molecular flexibility index (Phi) is 7.36. The number of rotatable bonds is 7. The second-order valence-corrected chi connectivity index (χ2v) is 11.1. The fraction of sp³-hybridized carbons (Fsp3) is 0.125. The summed E-state index contributed by atoms with van der Waals surface area (Å²) in [6.07, 6.45) is 3.36. The number of aromatic nitrogens is 4. The van der Waals surface area contributed by atoms with Crippen LogP contribution in [0.25, 0.3) is 43.4 Å². The van der Waals surface area contributed by atoms with E-state index in [9.17, 15) is 20.0 Å². The number of carboxylic acid groups (broad SMARTS) is 1. The highest BCUT2D eigenvalue weighted by Crippen LogP contribution is 2.40. The van der Waals surface area contributed by atoms with Crippen LogP contribution in [0.15, 0.2) is 71.1 Å². The molecule has 0 aliphatic rings. The molecule has 43 heavy (non-hydrogen) atoms. The minimum absolute atomic E-state index is 0.121. The Morgan fingerprint density at radius 1 is 1.12 bits per heavy atom. The molecule has 212 valence electrons. The number of nitrogens with zero attached hydrogens (tertiary/aromatic N) is 5. The molecule has 0 saturated carbocycles. The van der Waals surface area contributed by atoms with E-state index in [1.165, 1.54) is 15.9 Å². The van der Waals surface area contributed by atoms with Crippen molar-refractivity contribution in [1.29, 1.82) is 5.26 Å². The monoisotopic (exact) mass is 607 g/mol. The summed E-state index contributed by atoms with van der Waals surface area (Å²) in [4.78, 5) is 38.7. The van der Waals surface area contributed by atoms with Crippen molar-refractivity contribution in [2.45, 2.75) is 20.4 Å². The first-order valence-corrected chi connectivity index (χ1v) is 14.4. The second-order valence-electron chi connectivity index (χ2n) is 9.82. The molecule has 11 heteroatoms. The van der Waals surface area contributed by atoms with Gasteiger partial charge in [0, 0.05) is 45.2 Å². The molecule has 0 radical (unpaired) electrons. The van der Waals surface area contributed by atoms with Crippen molar-refractivity contribution >= 4 is 50.0 Å². The van der Waals surface area contributed by atoms with Gasteiger partial charge in [0.15, 0.2) is 0 Å². The van der Waals surface area contributed by atoms with Crippen LogP contribution < -0.4 is 10.3 Å². The van der Waals surface area contributed by atoms with Gasteiger partial charge in [-0.2, -0.15) is 5.26 Å². The number of hydrogen-bond donors (Lipinski definition) is 1. The fourth-order valence-electron chi connectivity index (χ4n) is 5.08. The molecule has 0 unspecified atom stereocenters. The van der Waals surface area contributed by atoms with Crippen LogP contribution in [-0.4, -0.2) is 37.2 Å². The van der Waals surface area contributed by atoms with Crippen LogP contribution in [0.5, 0.6) is 5.75 Å². The minimum Gasteiger partial charge on any atom is -0.491 e. The number of halogens is 1.